The summed E-state index contributed by atoms with van der Waals surface area (Å²) in [6.45, 7) is 2.22. The van der Waals surface area contributed by atoms with Crippen LogP contribution in [0.4, 0.5) is 0 Å². The van der Waals surface area contributed by atoms with Gasteiger partial charge in [0.2, 0.25) is 5.91 Å². The lowest BCUT2D eigenvalue weighted by molar-refractivity contribution is -0.141. The number of rotatable bonds is 3. The van der Waals surface area contributed by atoms with Crippen molar-refractivity contribution in [1.29, 1.82) is 0 Å². The number of hydrogen-bond acceptors (Lipinski definition) is 4. The summed E-state index contributed by atoms with van der Waals surface area (Å²) in [6.07, 6.45) is 2.45. The highest BCUT2D eigenvalue weighted by molar-refractivity contribution is 7.99. The van der Waals surface area contributed by atoms with Gasteiger partial charge in [0.1, 0.15) is 6.04 Å². The Balaban J connectivity index is 2.39. The first kappa shape index (κ1) is 10.4. The molecule has 0 radical (unpaired) electrons. The molecule has 1 fully saturated rings. The summed E-state index contributed by atoms with van der Waals surface area (Å²) >= 11 is 1.45. The summed E-state index contributed by atoms with van der Waals surface area (Å²) in [5, 5.41) is 2.53. The molecule has 1 aliphatic heterocycles. The van der Waals surface area contributed by atoms with E-state index >= 15 is 0 Å². The largest absolute Gasteiger partial charge is 0.464 e. The van der Waals surface area contributed by atoms with Crippen molar-refractivity contribution in [3.63, 3.8) is 0 Å². The minimum Gasteiger partial charge on any atom is -0.464 e. The average Bonchev–Trinajstić information content (AvgIpc) is 2.50. The van der Waals surface area contributed by atoms with Crippen LogP contribution in [0.3, 0.4) is 0 Å². The van der Waals surface area contributed by atoms with E-state index in [1.807, 2.05) is 6.26 Å². The van der Waals surface area contributed by atoms with Crippen molar-refractivity contribution in [3.05, 3.63) is 0 Å². The Morgan fingerprint density at radius 1 is 1.77 bits per heavy atom. The minimum atomic E-state index is -0.429. The molecule has 1 amide bonds. The zero-order chi connectivity index (χ0) is 9.84. The minimum absolute atomic E-state index is 0.101. The van der Waals surface area contributed by atoms with Gasteiger partial charge in [0.05, 0.1) is 11.9 Å². The molecule has 0 aromatic heterocycles. The van der Waals surface area contributed by atoms with Crippen molar-refractivity contribution in [2.45, 2.75) is 24.6 Å². The van der Waals surface area contributed by atoms with Crippen LogP contribution in [0.15, 0.2) is 0 Å². The second-order valence-electron chi connectivity index (χ2n) is 2.90. The van der Waals surface area contributed by atoms with Gasteiger partial charge in [-0.1, -0.05) is 0 Å². The molecular formula is C8H13NO3S. The summed E-state index contributed by atoms with van der Waals surface area (Å²) in [7, 11) is 0. The molecule has 5 heteroatoms. The maximum Gasteiger partial charge on any atom is 0.328 e. The smallest absolute Gasteiger partial charge is 0.328 e. The summed E-state index contributed by atoms with van der Waals surface area (Å²) in [4.78, 5) is 22.3. The van der Waals surface area contributed by atoms with E-state index in [1.165, 1.54) is 11.8 Å². The zero-order valence-electron chi connectivity index (χ0n) is 7.70. The maximum absolute atomic E-state index is 11.3. The molecule has 1 saturated heterocycles. The fourth-order valence-corrected chi connectivity index (χ4v) is 1.31. The van der Waals surface area contributed by atoms with Crippen LogP contribution in [0.5, 0.6) is 0 Å². The zero-order valence-corrected chi connectivity index (χ0v) is 8.52. The predicted octanol–water partition coefficient (Wildman–Crippen LogP) is 0.170. The molecule has 1 heterocycles. The first-order valence-corrected chi connectivity index (χ1v) is 5.43. The lowest BCUT2D eigenvalue weighted by Gasteiger charge is -2.12. The van der Waals surface area contributed by atoms with Gasteiger partial charge in [-0.3, -0.25) is 4.79 Å². The first-order valence-electron chi connectivity index (χ1n) is 4.15. The molecule has 0 aliphatic carbocycles. The Morgan fingerprint density at radius 3 is 2.92 bits per heavy atom. The monoisotopic (exact) mass is 203 g/mol. The number of carbonyl (C=O) groups is 2. The molecule has 1 aliphatic rings. The SMILES string of the molecule is CSC(C)C(=O)NC1CCOC1=O. The number of nitrogens with one attached hydrogen (secondary N) is 1. The van der Waals surface area contributed by atoms with Crippen molar-refractivity contribution in [2.75, 3.05) is 12.9 Å². The second-order valence-corrected chi connectivity index (χ2v) is 4.07. The summed E-state index contributed by atoms with van der Waals surface area (Å²) in [6, 6.07) is -0.429. The third-order valence-corrected chi connectivity index (χ3v) is 2.90. The van der Waals surface area contributed by atoms with Crippen LogP contribution in [0, 0.1) is 0 Å². The van der Waals surface area contributed by atoms with E-state index in [0.717, 1.165) is 0 Å². The van der Waals surface area contributed by atoms with Crippen molar-refractivity contribution in [3.8, 4) is 0 Å². The summed E-state index contributed by atoms with van der Waals surface area (Å²) < 4.78 is 4.72. The van der Waals surface area contributed by atoms with Gasteiger partial charge in [-0.15, -0.1) is 0 Å². The van der Waals surface area contributed by atoms with Crippen molar-refractivity contribution in [2.24, 2.45) is 0 Å². The first-order chi connectivity index (χ1) is 6.15. The van der Waals surface area contributed by atoms with E-state index < -0.39 is 6.04 Å². The number of cyclic esters (lactones) is 1. The molecule has 74 valence electrons. The average molecular weight is 203 g/mol. The summed E-state index contributed by atoms with van der Waals surface area (Å²) in [5.74, 6) is -0.419. The van der Waals surface area contributed by atoms with E-state index in [-0.39, 0.29) is 17.1 Å². The highest BCUT2D eigenvalue weighted by Crippen LogP contribution is 2.09. The van der Waals surface area contributed by atoms with E-state index in [4.69, 9.17) is 4.74 Å². The fraction of sp³-hybridized carbons (Fsp3) is 0.750. The topological polar surface area (TPSA) is 55.4 Å². The van der Waals surface area contributed by atoms with Crippen LogP contribution in [0.1, 0.15) is 13.3 Å². The maximum atomic E-state index is 11.3. The second kappa shape index (κ2) is 4.50. The number of thioether (sulfide) groups is 1. The number of carbonyl (C=O) groups excluding carboxylic acids is 2. The van der Waals surface area contributed by atoms with E-state index in [0.29, 0.717) is 13.0 Å². The third-order valence-electron chi connectivity index (χ3n) is 1.97. The van der Waals surface area contributed by atoms with E-state index in [9.17, 15) is 9.59 Å². The Kier molecular flexibility index (Phi) is 3.59. The van der Waals surface area contributed by atoms with E-state index in [1.54, 1.807) is 6.92 Å². The summed E-state index contributed by atoms with van der Waals surface area (Å²) in [5.41, 5.74) is 0. The molecule has 1 rings (SSSR count). The van der Waals surface area contributed by atoms with E-state index in [2.05, 4.69) is 5.32 Å². The lowest BCUT2D eigenvalue weighted by atomic mass is 10.2. The van der Waals surface area contributed by atoms with Gasteiger partial charge in [-0.05, 0) is 13.2 Å². The van der Waals surface area contributed by atoms with Crippen molar-refractivity contribution in [1.82, 2.24) is 5.32 Å². The molecule has 0 bridgehead atoms. The normalized spacial score (nSPS) is 23.8. The molecule has 2 atom stereocenters. The van der Waals surface area contributed by atoms with Gasteiger partial charge in [0.25, 0.3) is 0 Å². The molecule has 13 heavy (non-hydrogen) atoms. The number of esters is 1. The van der Waals surface area contributed by atoms with Gasteiger partial charge in [-0.2, -0.15) is 11.8 Å². The van der Waals surface area contributed by atoms with Gasteiger partial charge < -0.3 is 10.1 Å². The lowest BCUT2D eigenvalue weighted by Crippen LogP contribution is -2.41. The highest BCUT2D eigenvalue weighted by Gasteiger charge is 2.28. The van der Waals surface area contributed by atoms with Crippen LogP contribution in [0.25, 0.3) is 0 Å². The molecular weight excluding hydrogens is 190 g/mol. The van der Waals surface area contributed by atoms with Gasteiger partial charge in [-0.25, -0.2) is 4.79 Å². The van der Waals surface area contributed by atoms with Crippen LogP contribution in [-0.4, -0.2) is 36.0 Å². The molecule has 2 unspecified atom stereocenters. The van der Waals surface area contributed by atoms with Gasteiger partial charge in [0, 0.05) is 6.42 Å². The molecule has 0 spiro atoms. The molecule has 0 aromatic carbocycles. The van der Waals surface area contributed by atoms with Crippen molar-refractivity contribution < 1.29 is 14.3 Å². The van der Waals surface area contributed by atoms with Crippen LogP contribution < -0.4 is 5.32 Å². The molecule has 1 N–H and O–H groups in total. The van der Waals surface area contributed by atoms with Crippen molar-refractivity contribution >= 4 is 23.6 Å². The molecule has 0 aromatic rings. The quantitative estimate of drug-likeness (QED) is 0.664. The molecule has 4 nitrogen and oxygen atoms in total. The Hall–Kier alpha value is -0.710. The molecule has 0 saturated carbocycles. The highest BCUT2D eigenvalue weighted by atomic mass is 32.2. The number of amides is 1. The Morgan fingerprint density at radius 2 is 2.46 bits per heavy atom. The Labute approximate surface area is 81.4 Å². The number of ether oxygens (including phenoxy) is 1. The van der Waals surface area contributed by atoms with Gasteiger partial charge >= 0.3 is 5.97 Å². The predicted molar refractivity (Wildman–Crippen MR) is 50.5 cm³/mol. The number of hydrogen-bond donors (Lipinski definition) is 1. The standard InChI is InChI=1S/C8H13NO3S/c1-5(13-2)7(10)9-6-3-4-12-8(6)11/h5-6H,3-4H2,1-2H3,(H,9,10). The van der Waals surface area contributed by atoms with Crippen LogP contribution in [0.2, 0.25) is 0 Å². The fourth-order valence-electron chi connectivity index (χ4n) is 1.02. The van der Waals surface area contributed by atoms with Gasteiger partial charge in [0.15, 0.2) is 0 Å². The third kappa shape index (κ3) is 2.62. The van der Waals surface area contributed by atoms with Crippen LogP contribution >= 0.6 is 11.8 Å². The Bertz CT molecular complexity index is 219. The van der Waals surface area contributed by atoms with Crippen LogP contribution in [-0.2, 0) is 14.3 Å².